The molecule has 0 aliphatic rings. The minimum Gasteiger partial charge on any atom is -0.493 e. The number of nitrogens with zero attached hydrogens (tertiary/aromatic N) is 4. The zero-order valence-electron chi connectivity index (χ0n) is 21.8. The van der Waals surface area contributed by atoms with Crippen molar-refractivity contribution in [1.82, 2.24) is 14.9 Å². The lowest BCUT2D eigenvalue weighted by Crippen LogP contribution is -2.30. The predicted octanol–water partition coefficient (Wildman–Crippen LogP) is 7.18. The summed E-state index contributed by atoms with van der Waals surface area (Å²) in [6, 6.07) is 7.52. The van der Waals surface area contributed by atoms with E-state index in [-0.39, 0.29) is 29.1 Å². The number of anilines is 2. The number of pyridine rings is 1. The average molecular weight is 535 g/mol. The number of unbranched alkanes of at least 4 members (excludes halogenated alkanes) is 2. The summed E-state index contributed by atoms with van der Waals surface area (Å²) in [4.78, 5) is 25.5. The van der Waals surface area contributed by atoms with Crippen molar-refractivity contribution in [3.8, 4) is 17.0 Å². The smallest absolute Gasteiger partial charge is 0.420 e. The number of aromatic nitrogens is 2. The SMILES string of the molecule is CCCCCOc1ccc(N(C(=O)C(C)C)c2nc(-c3ccc(CN(C)C)nc3)cs2)cc1C(F)(F)F. The summed E-state index contributed by atoms with van der Waals surface area (Å²) < 4.78 is 47.3. The molecule has 0 bridgehead atoms. The van der Waals surface area contributed by atoms with Gasteiger partial charge in [0, 0.05) is 29.6 Å². The topological polar surface area (TPSA) is 58.6 Å². The van der Waals surface area contributed by atoms with Crippen LogP contribution in [0.15, 0.2) is 41.9 Å². The van der Waals surface area contributed by atoms with E-state index in [1.165, 1.54) is 28.4 Å². The molecule has 0 N–H and O–H groups in total. The third-order valence-corrected chi connectivity index (χ3v) is 6.35. The van der Waals surface area contributed by atoms with Crippen LogP contribution in [0.3, 0.4) is 0 Å². The van der Waals surface area contributed by atoms with Crippen LogP contribution in [-0.4, -0.2) is 41.5 Å². The standard InChI is InChI=1S/C27H33F3N4O2S/c1-6-7-8-13-36-24-12-11-21(14-22(24)27(28,29)30)34(25(35)18(2)3)26-32-23(17-37-26)19-9-10-20(31-15-19)16-33(4)5/h9-12,14-15,17-18H,6-8,13,16H2,1-5H3. The molecule has 0 saturated heterocycles. The second-order valence-electron chi connectivity index (χ2n) is 9.35. The molecule has 37 heavy (non-hydrogen) atoms. The molecule has 0 spiro atoms. The lowest BCUT2D eigenvalue weighted by atomic mass is 10.1. The van der Waals surface area contributed by atoms with Crippen molar-refractivity contribution < 1.29 is 22.7 Å². The monoisotopic (exact) mass is 534 g/mol. The molecule has 0 aliphatic heterocycles. The summed E-state index contributed by atoms with van der Waals surface area (Å²) in [7, 11) is 3.91. The Hall–Kier alpha value is -2.98. The first kappa shape index (κ1) is 28.6. The molecule has 1 amide bonds. The third-order valence-electron chi connectivity index (χ3n) is 5.53. The largest absolute Gasteiger partial charge is 0.493 e. The van der Waals surface area contributed by atoms with Gasteiger partial charge in [0.2, 0.25) is 5.91 Å². The third kappa shape index (κ3) is 7.52. The average Bonchev–Trinajstić information content (AvgIpc) is 3.31. The van der Waals surface area contributed by atoms with Gasteiger partial charge in [0.05, 0.1) is 29.2 Å². The molecule has 0 radical (unpaired) electrons. The second-order valence-corrected chi connectivity index (χ2v) is 10.2. The first-order valence-electron chi connectivity index (χ1n) is 12.2. The molecule has 2 aromatic heterocycles. The van der Waals surface area contributed by atoms with Crippen LogP contribution < -0.4 is 9.64 Å². The van der Waals surface area contributed by atoms with E-state index in [9.17, 15) is 18.0 Å². The van der Waals surface area contributed by atoms with E-state index in [1.807, 2.05) is 38.1 Å². The number of carbonyl (C=O) groups excluding carboxylic acids is 1. The molecule has 0 fully saturated rings. The fourth-order valence-corrected chi connectivity index (χ4v) is 4.48. The summed E-state index contributed by atoms with van der Waals surface area (Å²) in [6.45, 7) is 6.30. The van der Waals surface area contributed by atoms with E-state index in [0.29, 0.717) is 18.7 Å². The number of carbonyl (C=O) groups is 1. The van der Waals surface area contributed by atoms with Crippen LogP contribution in [0.5, 0.6) is 5.75 Å². The lowest BCUT2D eigenvalue weighted by molar-refractivity contribution is -0.139. The molecular formula is C27H33F3N4O2S. The number of rotatable bonds is 11. The van der Waals surface area contributed by atoms with Crippen molar-refractivity contribution >= 4 is 28.1 Å². The van der Waals surface area contributed by atoms with Gasteiger partial charge < -0.3 is 9.64 Å². The van der Waals surface area contributed by atoms with Gasteiger partial charge in [-0.2, -0.15) is 13.2 Å². The minimum atomic E-state index is -4.64. The van der Waals surface area contributed by atoms with Crippen molar-refractivity contribution in [2.45, 2.75) is 52.8 Å². The van der Waals surface area contributed by atoms with Crippen molar-refractivity contribution in [1.29, 1.82) is 0 Å². The fourth-order valence-electron chi connectivity index (χ4n) is 3.62. The van der Waals surface area contributed by atoms with Crippen LogP contribution in [0.4, 0.5) is 24.0 Å². The van der Waals surface area contributed by atoms with Crippen LogP contribution in [0.2, 0.25) is 0 Å². The van der Waals surface area contributed by atoms with Gasteiger partial charge in [0.25, 0.3) is 0 Å². The number of ether oxygens (including phenoxy) is 1. The highest BCUT2D eigenvalue weighted by Crippen LogP contribution is 2.41. The molecular weight excluding hydrogens is 501 g/mol. The van der Waals surface area contributed by atoms with Crippen molar-refractivity contribution in [3.05, 3.63) is 53.2 Å². The maximum atomic E-state index is 14.0. The summed E-state index contributed by atoms with van der Waals surface area (Å²) >= 11 is 1.19. The van der Waals surface area contributed by atoms with Gasteiger partial charge in [-0.25, -0.2) is 4.98 Å². The van der Waals surface area contributed by atoms with E-state index in [1.54, 1.807) is 25.4 Å². The van der Waals surface area contributed by atoms with Crippen molar-refractivity contribution in [2.75, 3.05) is 25.6 Å². The van der Waals surface area contributed by atoms with Gasteiger partial charge in [-0.15, -0.1) is 11.3 Å². The zero-order valence-corrected chi connectivity index (χ0v) is 22.6. The molecule has 2 heterocycles. The maximum absolute atomic E-state index is 14.0. The minimum absolute atomic E-state index is 0.0901. The molecule has 3 rings (SSSR count). The molecule has 200 valence electrons. The quantitative estimate of drug-likeness (QED) is 0.244. The normalized spacial score (nSPS) is 11.8. The fraction of sp³-hybridized carbons (Fsp3) is 0.444. The van der Waals surface area contributed by atoms with E-state index in [0.717, 1.165) is 30.2 Å². The molecule has 0 saturated carbocycles. The Labute approximate surface area is 220 Å². The Balaban J connectivity index is 1.97. The predicted molar refractivity (Wildman–Crippen MR) is 141 cm³/mol. The highest BCUT2D eigenvalue weighted by atomic mass is 32.1. The van der Waals surface area contributed by atoms with Gasteiger partial charge in [-0.3, -0.25) is 14.7 Å². The van der Waals surface area contributed by atoms with Crippen molar-refractivity contribution in [3.63, 3.8) is 0 Å². The Morgan fingerprint density at radius 1 is 1.14 bits per heavy atom. The molecule has 3 aromatic rings. The highest BCUT2D eigenvalue weighted by molar-refractivity contribution is 7.14. The Kier molecular flexibility index (Phi) is 9.67. The van der Waals surface area contributed by atoms with Gasteiger partial charge >= 0.3 is 6.18 Å². The lowest BCUT2D eigenvalue weighted by Gasteiger charge is -2.24. The molecule has 1 aromatic carbocycles. The number of hydrogen-bond donors (Lipinski definition) is 0. The van der Waals surface area contributed by atoms with Gasteiger partial charge in [-0.05, 0) is 50.8 Å². The maximum Gasteiger partial charge on any atom is 0.420 e. The summed E-state index contributed by atoms with van der Waals surface area (Å²) in [5, 5.41) is 2.06. The molecule has 0 atom stereocenters. The molecule has 10 heteroatoms. The zero-order chi connectivity index (χ0) is 27.2. The molecule has 0 aliphatic carbocycles. The van der Waals surface area contributed by atoms with Gasteiger partial charge in [0.15, 0.2) is 5.13 Å². The first-order valence-corrected chi connectivity index (χ1v) is 13.1. The van der Waals surface area contributed by atoms with E-state index in [4.69, 9.17) is 4.74 Å². The van der Waals surface area contributed by atoms with Crippen LogP contribution in [0.25, 0.3) is 11.3 Å². The van der Waals surface area contributed by atoms with E-state index >= 15 is 0 Å². The molecule has 6 nitrogen and oxygen atoms in total. The number of amides is 1. The van der Waals surface area contributed by atoms with Crippen LogP contribution >= 0.6 is 11.3 Å². The summed E-state index contributed by atoms with van der Waals surface area (Å²) in [6.07, 6.45) is -0.459. The van der Waals surface area contributed by atoms with Crippen molar-refractivity contribution in [2.24, 2.45) is 5.92 Å². The second kappa shape index (κ2) is 12.5. The Morgan fingerprint density at radius 2 is 1.89 bits per heavy atom. The first-order chi connectivity index (χ1) is 17.5. The Bertz CT molecular complexity index is 1180. The van der Waals surface area contributed by atoms with Gasteiger partial charge in [0.1, 0.15) is 5.75 Å². The number of alkyl halides is 3. The van der Waals surface area contributed by atoms with Crippen LogP contribution in [-0.2, 0) is 17.5 Å². The van der Waals surface area contributed by atoms with Crippen LogP contribution in [0.1, 0.15) is 51.3 Å². The number of hydrogen-bond acceptors (Lipinski definition) is 6. The number of halogens is 3. The van der Waals surface area contributed by atoms with Crippen LogP contribution in [0, 0.1) is 5.92 Å². The Morgan fingerprint density at radius 3 is 2.49 bits per heavy atom. The number of thiazole rings is 1. The number of benzene rings is 1. The summed E-state index contributed by atoms with van der Waals surface area (Å²) in [5.74, 6) is -1.06. The molecule has 0 unspecified atom stereocenters. The highest BCUT2D eigenvalue weighted by Gasteiger charge is 2.36. The van der Waals surface area contributed by atoms with E-state index in [2.05, 4.69) is 9.97 Å². The van der Waals surface area contributed by atoms with E-state index < -0.39 is 17.7 Å². The summed E-state index contributed by atoms with van der Waals surface area (Å²) in [5.41, 5.74) is 1.43. The van der Waals surface area contributed by atoms with Gasteiger partial charge in [-0.1, -0.05) is 33.6 Å².